The second-order valence-electron chi connectivity index (χ2n) is 5.41. The molecule has 6 heteroatoms. The van der Waals surface area contributed by atoms with Gasteiger partial charge in [0.1, 0.15) is 22.5 Å². The van der Waals surface area contributed by atoms with Crippen LogP contribution in [-0.4, -0.2) is 21.7 Å². The molecule has 0 atom stereocenters. The SMILES string of the molecule is COc1ccccc1-c1nc2sc(CC(C)C)nn2c1C#N. The van der Waals surface area contributed by atoms with Crippen molar-refractivity contribution >= 4 is 16.3 Å². The number of imidazole rings is 1. The third-order valence-electron chi connectivity index (χ3n) is 3.30. The number of fused-ring (bicyclic) bond motifs is 1. The first-order valence-electron chi connectivity index (χ1n) is 7.06. The molecule has 22 heavy (non-hydrogen) atoms. The average Bonchev–Trinajstić information content (AvgIpc) is 3.02. The zero-order chi connectivity index (χ0) is 15.7. The number of hydrogen-bond donors (Lipinski definition) is 0. The standard InChI is InChI=1S/C16H16N4OS/c1-10(2)8-14-19-20-12(9-17)15(18-16(20)22-14)11-6-4-5-7-13(11)21-3/h4-7,10H,8H2,1-3H3. The molecule has 0 aliphatic heterocycles. The van der Waals surface area contributed by atoms with Gasteiger partial charge < -0.3 is 4.74 Å². The molecule has 0 aliphatic rings. The Bertz CT molecular complexity index is 857. The van der Waals surface area contributed by atoms with E-state index < -0.39 is 0 Å². The molecule has 0 aliphatic carbocycles. The Balaban J connectivity index is 2.15. The highest BCUT2D eigenvalue weighted by Crippen LogP contribution is 2.33. The van der Waals surface area contributed by atoms with Crippen LogP contribution in [0.4, 0.5) is 0 Å². The molecule has 0 spiro atoms. The molecular formula is C16H16N4OS. The quantitative estimate of drug-likeness (QED) is 0.739. The van der Waals surface area contributed by atoms with E-state index in [2.05, 4.69) is 30.0 Å². The van der Waals surface area contributed by atoms with Crippen LogP contribution in [0.3, 0.4) is 0 Å². The summed E-state index contributed by atoms with van der Waals surface area (Å²) in [6, 6.07) is 9.79. The maximum absolute atomic E-state index is 9.53. The molecule has 2 heterocycles. The van der Waals surface area contributed by atoms with Crippen LogP contribution in [0.1, 0.15) is 24.5 Å². The lowest BCUT2D eigenvalue weighted by molar-refractivity contribution is 0.416. The van der Waals surface area contributed by atoms with E-state index in [-0.39, 0.29) is 0 Å². The summed E-state index contributed by atoms with van der Waals surface area (Å²) < 4.78 is 7.02. The fraction of sp³-hybridized carbons (Fsp3) is 0.312. The van der Waals surface area contributed by atoms with Crippen LogP contribution >= 0.6 is 11.3 Å². The summed E-state index contributed by atoms with van der Waals surface area (Å²) >= 11 is 1.53. The van der Waals surface area contributed by atoms with Gasteiger partial charge in [-0.15, -0.1) is 0 Å². The molecule has 0 fully saturated rings. The first-order chi connectivity index (χ1) is 10.6. The molecule has 0 bridgehead atoms. The number of rotatable bonds is 4. The highest BCUT2D eigenvalue weighted by atomic mass is 32.1. The van der Waals surface area contributed by atoms with Crippen molar-refractivity contribution in [2.75, 3.05) is 7.11 Å². The monoisotopic (exact) mass is 312 g/mol. The van der Waals surface area contributed by atoms with Crippen molar-refractivity contribution in [3.8, 4) is 23.1 Å². The number of nitrogens with zero attached hydrogens (tertiary/aromatic N) is 4. The Morgan fingerprint density at radius 3 is 2.82 bits per heavy atom. The number of aromatic nitrogens is 3. The van der Waals surface area contributed by atoms with E-state index in [1.54, 1.807) is 11.6 Å². The van der Waals surface area contributed by atoms with Crippen LogP contribution in [0.5, 0.6) is 5.75 Å². The van der Waals surface area contributed by atoms with Crippen molar-refractivity contribution < 1.29 is 4.74 Å². The Morgan fingerprint density at radius 1 is 1.36 bits per heavy atom. The Hall–Kier alpha value is -2.39. The third-order valence-corrected chi connectivity index (χ3v) is 4.23. The second-order valence-corrected chi connectivity index (χ2v) is 6.45. The minimum atomic E-state index is 0.450. The number of para-hydroxylation sites is 1. The van der Waals surface area contributed by atoms with Crippen molar-refractivity contribution in [3.05, 3.63) is 35.0 Å². The number of ether oxygens (including phenoxy) is 1. The maximum Gasteiger partial charge on any atom is 0.214 e. The van der Waals surface area contributed by atoms with Crippen molar-refractivity contribution in [1.29, 1.82) is 5.26 Å². The largest absolute Gasteiger partial charge is 0.496 e. The van der Waals surface area contributed by atoms with Gasteiger partial charge in [-0.25, -0.2) is 4.98 Å². The van der Waals surface area contributed by atoms with Gasteiger partial charge in [0, 0.05) is 12.0 Å². The number of nitriles is 1. The summed E-state index contributed by atoms with van der Waals surface area (Å²) in [5, 5.41) is 15.1. The van der Waals surface area contributed by atoms with Crippen molar-refractivity contribution in [3.63, 3.8) is 0 Å². The summed E-state index contributed by atoms with van der Waals surface area (Å²) in [6.45, 7) is 4.30. The van der Waals surface area contributed by atoms with E-state index in [9.17, 15) is 5.26 Å². The predicted molar refractivity (Wildman–Crippen MR) is 86.1 cm³/mol. The fourth-order valence-corrected chi connectivity index (χ4v) is 3.45. The van der Waals surface area contributed by atoms with Gasteiger partial charge in [-0.05, 0) is 18.1 Å². The van der Waals surface area contributed by atoms with Crippen LogP contribution in [0, 0.1) is 17.2 Å². The van der Waals surface area contributed by atoms with Gasteiger partial charge >= 0.3 is 0 Å². The van der Waals surface area contributed by atoms with E-state index in [4.69, 9.17) is 4.74 Å². The lowest BCUT2D eigenvalue weighted by Gasteiger charge is -2.05. The summed E-state index contributed by atoms with van der Waals surface area (Å²) in [7, 11) is 1.61. The first-order valence-corrected chi connectivity index (χ1v) is 7.87. The second kappa shape index (κ2) is 5.78. The van der Waals surface area contributed by atoms with Crippen molar-refractivity contribution in [2.45, 2.75) is 20.3 Å². The normalized spacial score (nSPS) is 11.0. The molecule has 0 saturated carbocycles. The van der Waals surface area contributed by atoms with Crippen LogP contribution in [0.15, 0.2) is 24.3 Å². The van der Waals surface area contributed by atoms with Crippen LogP contribution in [-0.2, 0) is 6.42 Å². The lowest BCUT2D eigenvalue weighted by Crippen LogP contribution is -1.97. The van der Waals surface area contributed by atoms with Crippen LogP contribution in [0.2, 0.25) is 0 Å². The van der Waals surface area contributed by atoms with E-state index in [0.717, 1.165) is 22.0 Å². The van der Waals surface area contributed by atoms with E-state index >= 15 is 0 Å². The highest BCUT2D eigenvalue weighted by molar-refractivity contribution is 7.16. The molecular weight excluding hydrogens is 296 g/mol. The van der Waals surface area contributed by atoms with Gasteiger partial charge in [0.15, 0.2) is 5.69 Å². The number of methoxy groups -OCH3 is 1. The Morgan fingerprint density at radius 2 is 2.14 bits per heavy atom. The summed E-state index contributed by atoms with van der Waals surface area (Å²) in [5.74, 6) is 1.22. The van der Waals surface area contributed by atoms with E-state index in [1.165, 1.54) is 11.3 Å². The molecule has 0 unspecified atom stereocenters. The molecule has 2 aromatic heterocycles. The van der Waals surface area contributed by atoms with Gasteiger partial charge in [0.25, 0.3) is 0 Å². The van der Waals surface area contributed by atoms with Crippen molar-refractivity contribution in [1.82, 2.24) is 14.6 Å². The summed E-state index contributed by atoms with van der Waals surface area (Å²) in [4.78, 5) is 5.35. The maximum atomic E-state index is 9.53. The van der Waals surface area contributed by atoms with Gasteiger partial charge in [0.2, 0.25) is 4.96 Å². The zero-order valence-corrected chi connectivity index (χ0v) is 13.5. The molecule has 3 aromatic rings. The molecule has 3 rings (SSSR count). The fourth-order valence-electron chi connectivity index (χ4n) is 2.35. The third kappa shape index (κ3) is 2.44. The van der Waals surface area contributed by atoms with Crippen LogP contribution in [0.25, 0.3) is 16.2 Å². The summed E-state index contributed by atoms with van der Waals surface area (Å²) in [6.07, 6.45) is 0.892. The minimum absolute atomic E-state index is 0.450. The predicted octanol–water partition coefficient (Wildman–Crippen LogP) is 3.54. The summed E-state index contributed by atoms with van der Waals surface area (Å²) in [5.41, 5.74) is 1.88. The van der Waals surface area contributed by atoms with Crippen molar-refractivity contribution in [2.24, 2.45) is 5.92 Å². The minimum Gasteiger partial charge on any atom is -0.496 e. The average molecular weight is 312 g/mol. The number of benzene rings is 1. The molecule has 5 nitrogen and oxygen atoms in total. The Labute approximate surface area is 132 Å². The molecule has 0 saturated heterocycles. The Kier molecular flexibility index (Phi) is 3.82. The van der Waals surface area contributed by atoms with Gasteiger partial charge in [-0.2, -0.15) is 14.9 Å². The zero-order valence-electron chi connectivity index (χ0n) is 12.7. The molecule has 0 radical (unpaired) electrons. The smallest absolute Gasteiger partial charge is 0.214 e. The van der Waals surface area contributed by atoms with E-state index in [0.29, 0.717) is 23.1 Å². The topological polar surface area (TPSA) is 63.2 Å². The lowest BCUT2D eigenvalue weighted by atomic mass is 10.1. The van der Waals surface area contributed by atoms with Gasteiger partial charge in [-0.1, -0.05) is 37.3 Å². The highest BCUT2D eigenvalue weighted by Gasteiger charge is 2.20. The van der Waals surface area contributed by atoms with E-state index in [1.807, 2.05) is 24.3 Å². The van der Waals surface area contributed by atoms with Crippen LogP contribution < -0.4 is 4.74 Å². The molecule has 1 aromatic carbocycles. The number of hydrogen-bond acceptors (Lipinski definition) is 5. The molecule has 112 valence electrons. The van der Waals surface area contributed by atoms with Gasteiger partial charge in [-0.3, -0.25) is 0 Å². The molecule has 0 N–H and O–H groups in total. The molecule has 0 amide bonds. The van der Waals surface area contributed by atoms with Gasteiger partial charge in [0.05, 0.1) is 7.11 Å². The first kappa shape index (κ1) is 14.5.